The molecule has 5 rings (SSSR count). The second-order valence-electron chi connectivity index (χ2n) is 10.6. The van der Waals surface area contributed by atoms with Gasteiger partial charge in [-0.05, 0) is 61.4 Å². The number of nitrogens with one attached hydrogen (secondary N) is 1. The molecule has 0 aromatic carbocycles. The molecule has 1 aliphatic carbocycles. The predicted octanol–water partition coefficient (Wildman–Crippen LogP) is 5.63. The van der Waals surface area contributed by atoms with Gasteiger partial charge in [0.2, 0.25) is 0 Å². The van der Waals surface area contributed by atoms with E-state index in [2.05, 4.69) is 31.4 Å². The quantitative estimate of drug-likeness (QED) is 0.425. The van der Waals surface area contributed by atoms with Gasteiger partial charge in [0.15, 0.2) is 5.82 Å². The monoisotopic (exact) mass is 554 g/mol. The van der Waals surface area contributed by atoms with Crippen LogP contribution in [0, 0.1) is 6.92 Å². The molecular weight excluding hydrogens is 521 g/mol. The van der Waals surface area contributed by atoms with Crippen molar-refractivity contribution >= 4 is 17.2 Å². The summed E-state index contributed by atoms with van der Waals surface area (Å²) in [6.07, 6.45) is 4.67. The lowest BCUT2D eigenvalue weighted by Gasteiger charge is -2.36. The van der Waals surface area contributed by atoms with Gasteiger partial charge in [-0.25, -0.2) is 9.67 Å². The van der Waals surface area contributed by atoms with Gasteiger partial charge in [-0.2, -0.15) is 18.3 Å². The second kappa shape index (κ2) is 11.5. The van der Waals surface area contributed by atoms with Crippen molar-refractivity contribution in [3.63, 3.8) is 0 Å². The Morgan fingerprint density at radius 3 is 2.50 bits per heavy atom. The van der Waals surface area contributed by atoms with E-state index in [1.807, 2.05) is 26.8 Å². The van der Waals surface area contributed by atoms with Crippen LogP contribution < -0.4 is 5.32 Å². The molecular formula is C29H33F3N6O2. The third-order valence-electron chi connectivity index (χ3n) is 7.48. The van der Waals surface area contributed by atoms with Crippen LogP contribution in [0.25, 0.3) is 11.4 Å². The summed E-state index contributed by atoms with van der Waals surface area (Å²) in [5.74, 6) is -0.315. The number of hydrogen-bond donors (Lipinski definition) is 1. The van der Waals surface area contributed by atoms with Crippen molar-refractivity contribution in [2.24, 2.45) is 0 Å². The van der Waals surface area contributed by atoms with Crippen LogP contribution in [-0.2, 0) is 10.9 Å². The summed E-state index contributed by atoms with van der Waals surface area (Å²) >= 11 is 0. The highest BCUT2D eigenvalue weighted by atomic mass is 19.4. The number of aromatic nitrogens is 4. The van der Waals surface area contributed by atoms with Crippen LogP contribution in [0.1, 0.15) is 71.9 Å². The molecule has 1 atom stereocenters. The minimum atomic E-state index is -4.48. The maximum atomic E-state index is 13.3. The Balaban J connectivity index is 1.30. The van der Waals surface area contributed by atoms with Crippen molar-refractivity contribution < 1.29 is 22.7 Å². The maximum absolute atomic E-state index is 13.3. The van der Waals surface area contributed by atoms with Gasteiger partial charge in [-0.1, -0.05) is 19.9 Å². The third kappa shape index (κ3) is 5.95. The van der Waals surface area contributed by atoms with Crippen molar-refractivity contribution in [2.45, 2.75) is 58.2 Å². The number of carbonyl (C=O) groups excluding carboxylic acids is 1. The standard InChI is InChI=1S/C29H33F3N6O2/c1-18(2)27-24(17-35-38(27)25-9-6-21(15-33-25)29(30,31)32)28(39)36-22-14-19(3)26(34-16-22)20-4-7-23(8-5-20)37-10-12-40-13-11-37/h4,6,9,14-18,23H,5,7-8,10-13H2,1-3H3,(H,36,39). The molecule has 40 heavy (non-hydrogen) atoms. The number of alkyl halides is 3. The number of hydrogen-bond acceptors (Lipinski definition) is 6. The Labute approximate surface area is 231 Å². The number of rotatable bonds is 6. The highest BCUT2D eigenvalue weighted by Crippen LogP contribution is 2.32. The number of anilines is 1. The van der Waals surface area contributed by atoms with Gasteiger partial charge in [0, 0.05) is 25.3 Å². The highest BCUT2D eigenvalue weighted by Gasteiger charge is 2.31. The molecule has 4 heterocycles. The number of halogens is 3. The van der Waals surface area contributed by atoms with Crippen LogP contribution in [0.5, 0.6) is 0 Å². The third-order valence-corrected chi connectivity index (χ3v) is 7.48. The molecule has 1 aliphatic heterocycles. The van der Waals surface area contributed by atoms with Crippen molar-refractivity contribution in [2.75, 3.05) is 31.6 Å². The number of carbonyl (C=O) groups is 1. The molecule has 1 amide bonds. The smallest absolute Gasteiger partial charge is 0.379 e. The van der Waals surface area contributed by atoms with Crippen molar-refractivity contribution in [1.29, 1.82) is 0 Å². The lowest BCUT2D eigenvalue weighted by atomic mass is 9.90. The van der Waals surface area contributed by atoms with Gasteiger partial charge < -0.3 is 10.1 Å². The van der Waals surface area contributed by atoms with Crippen molar-refractivity contribution in [3.05, 3.63) is 70.9 Å². The summed E-state index contributed by atoms with van der Waals surface area (Å²) in [7, 11) is 0. The zero-order chi connectivity index (χ0) is 28.4. The first-order chi connectivity index (χ1) is 19.1. The summed E-state index contributed by atoms with van der Waals surface area (Å²) in [4.78, 5) is 24.4. The van der Waals surface area contributed by atoms with Gasteiger partial charge in [0.25, 0.3) is 5.91 Å². The van der Waals surface area contributed by atoms with E-state index in [-0.39, 0.29) is 17.6 Å². The van der Waals surface area contributed by atoms with E-state index in [1.165, 1.54) is 22.5 Å². The number of allylic oxidation sites excluding steroid dienone is 1. The molecule has 8 nitrogen and oxygen atoms in total. The van der Waals surface area contributed by atoms with Crippen LogP contribution in [0.4, 0.5) is 18.9 Å². The summed E-state index contributed by atoms with van der Waals surface area (Å²) in [5.41, 5.74) is 3.73. The summed E-state index contributed by atoms with van der Waals surface area (Å²) in [6.45, 7) is 9.32. The van der Waals surface area contributed by atoms with E-state index in [9.17, 15) is 18.0 Å². The molecule has 1 fully saturated rings. The minimum Gasteiger partial charge on any atom is -0.379 e. The topological polar surface area (TPSA) is 85.2 Å². The van der Waals surface area contributed by atoms with Crippen molar-refractivity contribution in [3.8, 4) is 5.82 Å². The molecule has 11 heteroatoms. The number of pyridine rings is 2. The number of ether oxygens (including phenoxy) is 1. The van der Waals surface area contributed by atoms with Crippen LogP contribution in [0.15, 0.2) is 42.9 Å². The molecule has 212 valence electrons. The molecule has 0 bridgehead atoms. The molecule has 3 aromatic heterocycles. The normalized spacial score (nSPS) is 18.6. The Kier molecular flexibility index (Phi) is 8.04. The molecule has 0 radical (unpaired) electrons. The number of morpholine rings is 1. The van der Waals surface area contributed by atoms with E-state index < -0.39 is 11.7 Å². The largest absolute Gasteiger partial charge is 0.417 e. The van der Waals surface area contributed by atoms with E-state index in [0.717, 1.165) is 69.1 Å². The predicted molar refractivity (Wildman–Crippen MR) is 145 cm³/mol. The first-order valence-electron chi connectivity index (χ1n) is 13.5. The second-order valence-corrected chi connectivity index (χ2v) is 10.6. The minimum absolute atomic E-state index is 0.144. The summed E-state index contributed by atoms with van der Waals surface area (Å²) < 4.78 is 45.8. The Hall–Kier alpha value is -3.57. The van der Waals surface area contributed by atoms with Gasteiger partial charge in [0.05, 0.1) is 53.8 Å². The molecule has 1 unspecified atom stereocenters. The van der Waals surface area contributed by atoms with Crippen LogP contribution in [-0.4, -0.2) is 62.9 Å². The van der Waals surface area contributed by atoms with Crippen LogP contribution in [0.2, 0.25) is 0 Å². The fourth-order valence-electron chi connectivity index (χ4n) is 5.44. The molecule has 1 saturated heterocycles. The number of amides is 1. The van der Waals surface area contributed by atoms with Gasteiger partial charge in [-0.15, -0.1) is 0 Å². The lowest BCUT2D eigenvalue weighted by Crippen LogP contribution is -2.43. The summed E-state index contributed by atoms with van der Waals surface area (Å²) in [6, 6.07) is 4.65. The highest BCUT2D eigenvalue weighted by molar-refractivity contribution is 6.05. The molecule has 1 N–H and O–H groups in total. The Bertz CT molecular complexity index is 1390. The van der Waals surface area contributed by atoms with Crippen molar-refractivity contribution in [1.82, 2.24) is 24.6 Å². The first kappa shape index (κ1) is 28.0. The fraction of sp³-hybridized carbons (Fsp3) is 0.448. The molecule has 0 spiro atoms. The van der Waals surface area contributed by atoms with Gasteiger partial charge >= 0.3 is 6.18 Å². The first-order valence-corrected chi connectivity index (χ1v) is 13.5. The SMILES string of the molecule is Cc1cc(NC(=O)c2cnn(-c3ccc(C(F)(F)F)cn3)c2C(C)C)cnc1C1=CCC(N2CCOCC2)CC1. The van der Waals surface area contributed by atoms with E-state index >= 15 is 0 Å². The number of nitrogens with zero attached hydrogens (tertiary/aromatic N) is 5. The average molecular weight is 555 g/mol. The fourth-order valence-corrected chi connectivity index (χ4v) is 5.44. The summed E-state index contributed by atoms with van der Waals surface area (Å²) in [5, 5.41) is 7.18. The van der Waals surface area contributed by atoms with E-state index in [4.69, 9.17) is 4.74 Å². The van der Waals surface area contributed by atoms with Gasteiger partial charge in [0.1, 0.15) is 0 Å². The molecule has 2 aliphatic rings. The van der Waals surface area contributed by atoms with Gasteiger partial charge in [-0.3, -0.25) is 14.7 Å². The Morgan fingerprint density at radius 1 is 1.12 bits per heavy atom. The zero-order valence-corrected chi connectivity index (χ0v) is 22.8. The van der Waals surface area contributed by atoms with Crippen LogP contribution >= 0.6 is 0 Å². The lowest BCUT2D eigenvalue weighted by molar-refractivity contribution is -0.137. The average Bonchev–Trinajstić information content (AvgIpc) is 3.39. The number of aryl methyl sites for hydroxylation is 1. The van der Waals surface area contributed by atoms with E-state index in [0.29, 0.717) is 23.0 Å². The zero-order valence-electron chi connectivity index (χ0n) is 22.8. The maximum Gasteiger partial charge on any atom is 0.417 e. The van der Waals surface area contributed by atoms with E-state index in [1.54, 1.807) is 6.20 Å². The Morgan fingerprint density at radius 2 is 1.90 bits per heavy atom. The van der Waals surface area contributed by atoms with Crippen LogP contribution in [0.3, 0.4) is 0 Å². The molecule has 3 aromatic rings. The molecule has 0 saturated carbocycles.